The molecule has 2 fully saturated rings. The molecule has 6 heteroatoms. The lowest BCUT2D eigenvalue weighted by molar-refractivity contribution is 0.0604. The quantitative estimate of drug-likeness (QED) is 0.811. The minimum absolute atomic E-state index is 0.165. The van der Waals surface area contributed by atoms with Gasteiger partial charge in [-0.05, 0) is 57.2 Å². The largest absolute Gasteiger partial charge is 0.361 e. The van der Waals surface area contributed by atoms with E-state index in [9.17, 15) is 4.79 Å². The van der Waals surface area contributed by atoms with Gasteiger partial charge >= 0.3 is 0 Å². The van der Waals surface area contributed by atoms with Gasteiger partial charge in [-0.15, -0.1) is 11.8 Å². The van der Waals surface area contributed by atoms with Crippen molar-refractivity contribution < 1.29 is 9.32 Å². The zero-order valence-corrected chi connectivity index (χ0v) is 16.9. The summed E-state index contributed by atoms with van der Waals surface area (Å²) in [4.78, 5) is 16.3. The number of carbonyl (C=O) groups is 1. The van der Waals surface area contributed by atoms with Crippen molar-refractivity contribution in [1.29, 1.82) is 0 Å². The average molecular weight is 386 g/mol. The Morgan fingerprint density at radius 3 is 2.70 bits per heavy atom. The number of benzene rings is 1. The highest BCUT2D eigenvalue weighted by molar-refractivity contribution is 7.98. The molecule has 5 nitrogen and oxygen atoms in total. The standard InChI is InChI=1S/C21H27N3O2S/c1-15-18(16(2)26-23-15)13-27-19-6-4-3-5-17(19)20(25)24-11-8-21(9-12-24)7-10-22-14-21/h3-6,22H,7-14H2,1-2H3. The first kappa shape index (κ1) is 18.6. The predicted molar refractivity (Wildman–Crippen MR) is 107 cm³/mol. The van der Waals surface area contributed by atoms with E-state index in [-0.39, 0.29) is 5.91 Å². The van der Waals surface area contributed by atoms with E-state index in [0.29, 0.717) is 5.41 Å². The number of aromatic nitrogens is 1. The molecule has 0 radical (unpaired) electrons. The highest BCUT2D eigenvalue weighted by Crippen LogP contribution is 2.38. The minimum atomic E-state index is 0.165. The molecule has 1 aromatic carbocycles. The SMILES string of the molecule is Cc1noc(C)c1CSc1ccccc1C(=O)N1CCC2(CCNC2)CC1. The third-order valence-electron chi connectivity index (χ3n) is 6.11. The summed E-state index contributed by atoms with van der Waals surface area (Å²) >= 11 is 1.69. The third-order valence-corrected chi connectivity index (χ3v) is 7.21. The number of aryl methyl sites for hydroxylation is 2. The summed E-state index contributed by atoms with van der Waals surface area (Å²) in [5, 5.41) is 7.51. The normalized spacial score (nSPS) is 19.0. The molecule has 2 aromatic rings. The Morgan fingerprint density at radius 1 is 1.26 bits per heavy atom. The third kappa shape index (κ3) is 3.78. The smallest absolute Gasteiger partial charge is 0.254 e. The van der Waals surface area contributed by atoms with Gasteiger partial charge in [-0.3, -0.25) is 4.79 Å². The predicted octanol–water partition coefficient (Wildman–Crippen LogP) is 3.80. The van der Waals surface area contributed by atoms with E-state index < -0.39 is 0 Å². The number of likely N-dealkylation sites (tertiary alicyclic amines) is 1. The summed E-state index contributed by atoms with van der Waals surface area (Å²) < 4.78 is 5.26. The van der Waals surface area contributed by atoms with Crippen LogP contribution in [0.3, 0.4) is 0 Å². The Balaban J connectivity index is 1.45. The molecule has 1 spiro atoms. The molecule has 0 saturated carbocycles. The van der Waals surface area contributed by atoms with Crippen molar-refractivity contribution in [3.63, 3.8) is 0 Å². The fraction of sp³-hybridized carbons (Fsp3) is 0.524. The summed E-state index contributed by atoms with van der Waals surface area (Å²) in [5.41, 5.74) is 3.29. The molecule has 1 aromatic heterocycles. The number of thioether (sulfide) groups is 1. The van der Waals surface area contributed by atoms with Gasteiger partial charge in [0.05, 0.1) is 11.3 Å². The second-order valence-corrected chi connectivity index (χ2v) is 8.82. The van der Waals surface area contributed by atoms with Crippen molar-refractivity contribution in [3.05, 3.63) is 46.8 Å². The van der Waals surface area contributed by atoms with Gasteiger partial charge in [0.25, 0.3) is 5.91 Å². The molecule has 1 N–H and O–H groups in total. The number of nitrogens with one attached hydrogen (secondary N) is 1. The summed E-state index contributed by atoms with van der Waals surface area (Å²) in [6, 6.07) is 7.96. The molecular weight excluding hydrogens is 358 g/mol. The minimum Gasteiger partial charge on any atom is -0.361 e. The van der Waals surface area contributed by atoms with Crippen molar-refractivity contribution in [1.82, 2.24) is 15.4 Å². The van der Waals surface area contributed by atoms with Crippen molar-refractivity contribution in [3.8, 4) is 0 Å². The van der Waals surface area contributed by atoms with Crippen LogP contribution < -0.4 is 5.32 Å². The first-order chi connectivity index (χ1) is 13.1. The molecule has 0 unspecified atom stereocenters. The fourth-order valence-electron chi connectivity index (χ4n) is 4.20. The molecule has 144 valence electrons. The van der Waals surface area contributed by atoms with Crippen LogP contribution in [-0.4, -0.2) is 42.1 Å². The molecule has 27 heavy (non-hydrogen) atoms. The van der Waals surface area contributed by atoms with Gasteiger partial charge in [-0.2, -0.15) is 0 Å². The molecule has 2 aliphatic rings. The Hall–Kier alpha value is -1.79. The second-order valence-electron chi connectivity index (χ2n) is 7.81. The van der Waals surface area contributed by atoms with Crippen LogP contribution in [0.2, 0.25) is 0 Å². The number of carbonyl (C=O) groups excluding carboxylic acids is 1. The molecule has 1 amide bonds. The van der Waals surface area contributed by atoms with Crippen molar-refractivity contribution in [2.24, 2.45) is 5.41 Å². The second kappa shape index (κ2) is 7.68. The molecule has 2 saturated heterocycles. The maximum Gasteiger partial charge on any atom is 0.254 e. The molecule has 0 atom stereocenters. The topological polar surface area (TPSA) is 58.4 Å². The summed E-state index contributed by atoms with van der Waals surface area (Å²) in [7, 11) is 0. The summed E-state index contributed by atoms with van der Waals surface area (Å²) in [6.45, 7) is 7.86. The van der Waals surface area contributed by atoms with Crippen LogP contribution in [0.5, 0.6) is 0 Å². The van der Waals surface area contributed by atoms with E-state index in [1.165, 1.54) is 6.42 Å². The van der Waals surface area contributed by atoms with E-state index in [0.717, 1.165) is 72.3 Å². The Morgan fingerprint density at radius 2 is 2.04 bits per heavy atom. The Kier molecular flexibility index (Phi) is 5.28. The highest BCUT2D eigenvalue weighted by Gasteiger charge is 2.38. The van der Waals surface area contributed by atoms with Crippen LogP contribution >= 0.6 is 11.8 Å². The molecule has 3 heterocycles. The molecule has 0 aliphatic carbocycles. The van der Waals surface area contributed by atoms with E-state index >= 15 is 0 Å². The number of amides is 1. The number of nitrogens with zero attached hydrogens (tertiary/aromatic N) is 2. The monoisotopic (exact) mass is 385 g/mol. The van der Waals surface area contributed by atoms with Gasteiger partial charge in [0.2, 0.25) is 0 Å². The first-order valence-electron chi connectivity index (χ1n) is 9.72. The van der Waals surface area contributed by atoms with Crippen LogP contribution in [0, 0.1) is 19.3 Å². The number of piperidine rings is 1. The van der Waals surface area contributed by atoms with Gasteiger partial charge < -0.3 is 14.7 Å². The first-order valence-corrected chi connectivity index (χ1v) is 10.7. The number of hydrogen-bond donors (Lipinski definition) is 1. The maximum atomic E-state index is 13.2. The van der Waals surface area contributed by atoms with Crippen LogP contribution in [0.15, 0.2) is 33.7 Å². The maximum absolute atomic E-state index is 13.2. The zero-order chi connectivity index (χ0) is 18.9. The van der Waals surface area contributed by atoms with Crippen LogP contribution in [0.25, 0.3) is 0 Å². The van der Waals surface area contributed by atoms with Gasteiger partial charge in [-0.25, -0.2) is 0 Å². The molecular formula is C21H27N3O2S. The van der Waals surface area contributed by atoms with Crippen molar-refractivity contribution >= 4 is 17.7 Å². The lowest BCUT2D eigenvalue weighted by Crippen LogP contribution is -2.44. The summed E-state index contributed by atoms with van der Waals surface area (Å²) in [6.07, 6.45) is 3.47. The van der Waals surface area contributed by atoms with E-state index in [1.807, 2.05) is 43.0 Å². The molecule has 2 aliphatic heterocycles. The molecule has 0 bridgehead atoms. The van der Waals surface area contributed by atoms with Crippen molar-refractivity contribution in [2.45, 2.75) is 43.8 Å². The lowest BCUT2D eigenvalue weighted by Gasteiger charge is -2.39. The van der Waals surface area contributed by atoms with Crippen LogP contribution in [0.1, 0.15) is 46.6 Å². The van der Waals surface area contributed by atoms with E-state index in [2.05, 4.69) is 10.5 Å². The highest BCUT2D eigenvalue weighted by atomic mass is 32.2. The lowest BCUT2D eigenvalue weighted by atomic mass is 9.78. The fourth-order valence-corrected chi connectivity index (χ4v) is 5.40. The summed E-state index contributed by atoms with van der Waals surface area (Å²) in [5.74, 6) is 1.79. The Labute approximate surface area is 164 Å². The van der Waals surface area contributed by atoms with Crippen molar-refractivity contribution in [2.75, 3.05) is 26.2 Å². The van der Waals surface area contributed by atoms with Gasteiger partial charge in [0.1, 0.15) is 5.76 Å². The van der Waals surface area contributed by atoms with Crippen LogP contribution in [-0.2, 0) is 5.75 Å². The number of rotatable bonds is 4. The van der Waals surface area contributed by atoms with Gasteiger partial charge in [-0.1, -0.05) is 17.3 Å². The van der Waals surface area contributed by atoms with E-state index in [4.69, 9.17) is 4.52 Å². The zero-order valence-electron chi connectivity index (χ0n) is 16.1. The van der Waals surface area contributed by atoms with Gasteiger partial charge in [0.15, 0.2) is 0 Å². The van der Waals surface area contributed by atoms with Gasteiger partial charge in [0, 0.05) is 35.8 Å². The number of hydrogen-bond acceptors (Lipinski definition) is 5. The van der Waals surface area contributed by atoms with Crippen LogP contribution in [0.4, 0.5) is 0 Å². The average Bonchev–Trinajstić information content (AvgIpc) is 3.27. The van der Waals surface area contributed by atoms with E-state index in [1.54, 1.807) is 11.8 Å². The molecule has 4 rings (SSSR count). The Bertz CT molecular complexity index is 797.